The molecule has 1 fully saturated rings. The van der Waals surface area contributed by atoms with E-state index in [-0.39, 0.29) is 0 Å². The van der Waals surface area contributed by atoms with Crippen LogP contribution in [0, 0.1) is 0 Å². The lowest BCUT2D eigenvalue weighted by atomic mass is 9.80. The molecule has 0 radical (unpaired) electrons. The van der Waals surface area contributed by atoms with Crippen LogP contribution in [0.3, 0.4) is 0 Å². The summed E-state index contributed by atoms with van der Waals surface area (Å²) in [6, 6.07) is 14.3. The predicted octanol–water partition coefficient (Wildman–Crippen LogP) is 5.85. The first-order chi connectivity index (χ1) is 14.3. The lowest BCUT2D eigenvalue weighted by molar-refractivity contribution is 0.279. The molecule has 30 heavy (non-hydrogen) atoms. The summed E-state index contributed by atoms with van der Waals surface area (Å²) in [4.78, 5) is 9.82. The van der Waals surface area contributed by atoms with Crippen LogP contribution in [0.15, 0.2) is 42.5 Å². The van der Waals surface area contributed by atoms with Crippen LogP contribution in [0.4, 0.5) is 0 Å². The van der Waals surface area contributed by atoms with Gasteiger partial charge >= 0.3 is 0 Å². The van der Waals surface area contributed by atoms with Crippen molar-refractivity contribution in [2.75, 3.05) is 0 Å². The van der Waals surface area contributed by atoms with Gasteiger partial charge in [0, 0.05) is 16.3 Å². The molecule has 1 saturated carbocycles. The highest BCUT2D eigenvalue weighted by atomic mass is 35.5. The molecule has 0 atom stereocenters. The Morgan fingerprint density at radius 2 is 1.70 bits per heavy atom. The van der Waals surface area contributed by atoms with Gasteiger partial charge in [-0.05, 0) is 73.1 Å². The Balaban J connectivity index is 1.75. The Labute approximate surface area is 183 Å². The van der Waals surface area contributed by atoms with Crippen LogP contribution in [-0.4, -0.2) is 15.6 Å². The zero-order chi connectivity index (χ0) is 21.3. The van der Waals surface area contributed by atoms with Crippen LogP contribution in [0.2, 0.25) is 5.02 Å². The van der Waals surface area contributed by atoms with Gasteiger partial charge in [0.25, 0.3) is 0 Å². The molecular weight excluding hydrogens is 392 g/mol. The lowest BCUT2D eigenvalue weighted by Gasteiger charge is -2.34. The molecule has 0 saturated heterocycles. The summed E-state index contributed by atoms with van der Waals surface area (Å²) in [5.74, 6) is 1.53. The van der Waals surface area contributed by atoms with Crippen molar-refractivity contribution in [2.24, 2.45) is 11.5 Å². The van der Waals surface area contributed by atoms with E-state index in [1.54, 1.807) is 0 Å². The Kier molecular flexibility index (Phi) is 5.92. The predicted molar refractivity (Wildman–Crippen MR) is 126 cm³/mol. The molecule has 0 unspecified atom stereocenters. The standard InChI is InChI=1S/C25H29ClN4/c1-16(2)19-6-9-22-21(15-19)24(18-11-13-25(27,28)14-12-18)30-23(29-22)10-5-17-3-7-20(26)8-4-17/h3-10,15-16,18H,11-14,27-28H2,1-2H3. The topological polar surface area (TPSA) is 77.8 Å². The minimum absolute atomic E-state index is 0.348. The molecule has 1 aromatic heterocycles. The molecule has 156 valence electrons. The Morgan fingerprint density at radius 1 is 1.00 bits per heavy atom. The monoisotopic (exact) mass is 420 g/mol. The van der Waals surface area contributed by atoms with E-state index in [0.717, 1.165) is 58.7 Å². The molecule has 1 aliphatic rings. The zero-order valence-corrected chi connectivity index (χ0v) is 18.4. The fourth-order valence-corrected chi connectivity index (χ4v) is 4.23. The van der Waals surface area contributed by atoms with E-state index in [2.05, 4.69) is 32.0 Å². The molecule has 1 aliphatic carbocycles. The molecular formula is C25H29ClN4. The molecule has 0 spiro atoms. The van der Waals surface area contributed by atoms with Crippen LogP contribution in [0.1, 0.15) is 74.0 Å². The van der Waals surface area contributed by atoms with Crippen molar-refractivity contribution >= 4 is 34.7 Å². The van der Waals surface area contributed by atoms with E-state index in [4.69, 9.17) is 33.0 Å². The van der Waals surface area contributed by atoms with Crippen molar-refractivity contribution in [1.82, 2.24) is 9.97 Å². The van der Waals surface area contributed by atoms with Crippen molar-refractivity contribution < 1.29 is 0 Å². The average molecular weight is 421 g/mol. The molecule has 2 aromatic carbocycles. The van der Waals surface area contributed by atoms with Crippen molar-refractivity contribution in [3.05, 3.63) is 70.1 Å². The molecule has 0 bridgehead atoms. The fraction of sp³-hybridized carbons (Fsp3) is 0.360. The number of aromatic nitrogens is 2. The van der Waals surface area contributed by atoms with E-state index in [1.807, 2.05) is 36.4 Å². The highest BCUT2D eigenvalue weighted by Gasteiger charge is 2.30. The third kappa shape index (κ3) is 4.72. The first-order valence-corrected chi connectivity index (χ1v) is 11.0. The second kappa shape index (κ2) is 8.46. The normalized spacial score (nSPS) is 17.3. The molecule has 4 nitrogen and oxygen atoms in total. The summed E-state index contributed by atoms with van der Waals surface area (Å²) in [7, 11) is 0. The van der Waals surface area contributed by atoms with Gasteiger partial charge in [0.15, 0.2) is 5.82 Å². The smallest absolute Gasteiger partial charge is 0.152 e. The quantitative estimate of drug-likeness (QED) is 0.519. The van der Waals surface area contributed by atoms with Gasteiger partial charge in [-0.3, -0.25) is 0 Å². The van der Waals surface area contributed by atoms with Gasteiger partial charge in [-0.15, -0.1) is 0 Å². The molecule has 3 aromatic rings. The third-order valence-electron chi connectivity index (χ3n) is 6.03. The van der Waals surface area contributed by atoms with Crippen molar-refractivity contribution in [3.63, 3.8) is 0 Å². The van der Waals surface area contributed by atoms with Gasteiger partial charge < -0.3 is 11.5 Å². The number of hydrogen-bond donors (Lipinski definition) is 2. The first-order valence-electron chi connectivity index (χ1n) is 10.6. The van der Waals surface area contributed by atoms with Crippen LogP contribution < -0.4 is 11.5 Å². The highest BCUT2D eigenvalue weighted by molar-refractivity contribution is 6.30. The van der Waals surface area contributed by atoms with Crippen LogP contribution >= 0.6 is 11.6 Å². The van der Waals surface area contributed by atoms with Crippen LogP contribution in [0.25, 0.3) is 23.1 Å². The fourth-order valence-electron chi connectivity index (χ4n) is 4.11. The summed E-state index contributed by atoms with van der Waals surface area (Å²) in [6.07, 6.45) is 7.51. The number of benzene rings is 2. The molecule has 1 heterocycles. The largest absolute Gasteiger partial charge is 0.313 e. The lowest BCUT2D eigenvalue weighted by Crippen LogP contribution is -2.51. The van der Waals surface area contributed by atoms with E-state index < -0.39 is 5.66 Å². The number of halogens is 1. The van der Waals surface area contributed by atoms with E-state index >= 15 is 0 Å². The molecule has 4 N–H and O–H groups in total. The van der Waals surface area contributed by atoms with Gasteiger partial charge in [0.2, 0.25) is 0 Å². The van der Waals surface area contributed by atoms with Crippen molar-refractivity contribution in [3.8, 4) is 0 Å². The minimum Gasteiger partial charge on any atom is -0.313 e. The molecule has 0 aliphatic heterocycles. The summed E-state index contributed by atoms with van der Waals surface area (Å²) >= 11 is 5.99. The van der Waals surface area contributed by atoms with Gasteiger partial charge in [-0.1, -0.05) is 49.7 Å². The average Bonchev–Trinajstić information content (AvgIpc) is 2.72. The van der Waals surface area contributed by atoms with Crippen LogP contribution in [-0.2, 0) is 0 Å². The minimum atomic E-state index is -0.556. The second-order valence-corrected chi connectivity index (χ2v) is 9.23. The number of nitrogens with zero attached hydrogens (tertiary/aromatic N) is 2. The van der Waals surface area contributed by atoms with Gasteiger partial charge in [-0.2, -0.15) is 0 Å². The maximum absolute atomic E-state index is 6.17. The number of rotatable bonds is 4. The Hall–Kier alpha value is -2.27. The van der Waals surface area contributed by atoms with Gasteiger partial charge in [0.1, 0.15) is 0 Å². The molecule has 5 heteroatoms. The maximum Gasteiger partial charge on any atom is 0.152 e. The SMILES string of the molecule is CC(C)c1ccc2nc(C=Cc3ccc(Cl)cc3)nc(C3CCC(N)(N)CC3)c2c1. The Morgan fingerprint density at radius 3 is 2.37 bits per heavy atom. The van der Waals surface area contributed by atoms with Crippen LogP contribution in [0.5, 0.6) is 0 Å². The first kappa shape index (κ1) is 21.0. The van der Waals surface area contributed by atoms with Crippen molar-refractivity contribution in [1.29, 1.82) is 0 Å². The maximum atomic E-state index is 6.17. The van der Waals surface area contributed by atoms with Gasteiger partial charge in [-0.25, -0.2) is 9.97 Å². The Bertz CT molecular complexity index is 1060. The summed E-state index contributed by atoms with van der Waals surface area (Å²) < 4.78 is 0. The molecule has 0 amide bonds. The third-order valence-corrected chi connectivity index (χ3v) is 6.28. The number of fused-ring (bicyclic) bond motifs is 1. The number of nitrogens with two attached hydrogens (primary N) is 2. The van der Waals surface area contributed by atoms with Crippen molar-refractivity contribution in [2.45, 2.75) is 57.0 Å². The second-order valence-electron chi connectivity index (χ2n) is 8.79. The van der Waals surface area contributed by atoms with Gasteiger partial charge in [0.05, 0.1) is 16.9 Å². The molecule has 4 rings (SSSR count). The van der Waals surface area contributed by atoms with E-state index in [1.165, 1.54) is 5.56 Å². The zero-order valence-electron chi connectivity index (χ0n) is 17.6. The van der Waals surface area contributed by atoms with E-state index in [0.29, 0.717) is 11.8 Å². The summed E-state index contributed by atoms with van der Waals surface area (Å²) in [5.41, 5.74) is 16.3. The number of hydrogen-bond acceptors (Lipinski definition) is 4. The highest BCUT2D eigenvalue weighted by Crippen LogP contribution is 2.37. The summed E-state index contributed by atoms with van der Waals surface area (Å²) in [6.45, 7) is 4.42. The van der Waals surface area contributed by atoms with E-state index in [9.17, 15) is 0 Å². The summed E-state index contributed by atoms with van der Waals surface area (Å²) in [5, 5.41) is 1.88.